The van der Waals surface area contributed by atoms with Gasteiger partial charge in [-0.1, -0.05) is 19.3 Å². The number of hydrogen-bond acceptors (Lipinski definition) is 4. The molecule has 2 heterocycles. The molecule has 0 bridgehead atoms. The molecular formula is C17H27N3O. The van der Waals surface area contributed by atoms with E-state index in [4.69, 9.17) is 0 Å². The summed E-state index contributed by atoms with van der Waals surface area (Å²) in [5.41, 5.74) is 1.28. The van der Waals surface area contributed by atoms with Crippen LogP contribution in [-0.4, -0.2) is 41.4 Å². The average Bonchev–Trinajstić information content (AvgIpc) is 2.74. The summed E-state index contributed by atoms with van der Waals surface area (Å²) in [4.78, 5) is 6.52. The van der Waals surface area contributed by atoms with Gasteiger partial charge in [0.05, 0.1) is 6.10 Å². The molecule has 4 heteroatoms. The smallest absolute Gasteiger partial charge is 0.0693 e. The Bertz CT molecular complexity index is 417. The minimum absolute atomic E-state index is 0.147. The molecule has 4 nitrogen and oxygen atoms in total. The summed E-state index contributed by atoms with van der Waals surface area (Å²) in [6.45, 7) is 2.18. The largest absolute Gasteiger partial charge is 0.392 e. The van der Waals surface area contributed by atoms with Crippen molar-refractivity contribution in [3.8, 4) is 0 Å². The fraction of sp³-hybridized carbons (Fsp3) is 0.706. The number of hydrogen-bond donors (Lipinski definition) is 2. The van der Waals surface area contributed by atoms with Gasteiger partial charge < -0.3 is 15.3 Å². The van der Waals surface area contributed by atoms with E-state index in [9.17, 15) is 5.11 Å². The van der Waals surface area contributed by atoms with E-state index >= 15 is 0 Å². The first kappa shape index (κ1) is 14.8. The molecule has 2 aliphatic rings. The molecule has 2 N–H and O–H groups in total. The van der Waals surface area contributed by atoms with Crippen LogP contribution in [0.15, 0.2) is 24.5 Å². The number of piperidine rings is 1. The van der Waals surface area contributed by atoms with E-state index in [1.165, 1.54) is 24.9 Å². The molecule has 1 aliphatic heterocycles. The second-order valence-electron chi connectivity index (χ2n) is 6.45. The van der Waals surface area contributed by atoms with Crippen molar-refractivity contribution in [1.82, 2.24) is 10.3 Å². The Morgan fingerprint density at radius 2 is 1.71 bits per heavy atom. The molecule has 0 amide bonds. The highest BCUT2D eigenvalue weighted by atomic mass is 16.3. The summed E-state index contributed by atoms with van der Waals surface area (Å²) in [5.74, 6) is 0. The molecule has 1 saturated heterocycles. The minimum Gasteiger partial charge on any atom is -0.392 e. The molecule has 0 aromatic carbocycles. The fourth-order valence-electron chi connectivity index (χ4n) is 3.64. The van der Waals surface area contributed by atoms with Crippen LogP contribution in [0.4, 0.5) is 5.69 Å². The van der Waals surface area contributed by atoms with Crippen molar-refractivity contribution in [2.45, 2.75) is 63.1 Å². The summed E-state index contributed by atoms with van der Waals surface area (Å²) >= 11 is 0. The van der Waals surface area contributed by atoms with Gasteiger partial charge in [-0.05, 0) is 37.8 Å². The monoisotopic (exact) mass is 289 g/mol. The standard InChI is InChI=1S/C17H27N3O/c21-17-5-3-1-2-4-16(17)19-14-8-12-20(13-9-14)15-6-10-18-11-7-15/h6-7,10-11,14,16-17,19,21H,1-5,8-9,12-13H2. The topological polar surface area (TPSA) is 48.4 Å². The predicted octanol–water partition coefficient (Wildman–Crippen LogP) is 2.33. The SMILES string of the molecule is OC1CCCCCC1NC1CCN(c2ccncc2)CC1. The number of nitrogens with one attached hydrogen (secondary N) is 1. The molecule has 1 aromatic heterocycles. The van der Waals surface area contributed by atoms with Gasteiger partial charge in [-0.15, -0.1) is 0 Å². The molecule has 2 fully saturated rings. The van der Waals surface area contributed by atoms with Crippen LogP contribution in [0, 0.1) is 0 Å². The molecule has 2 unspecified atom stereocenters. The highest BCUT2D eigenvalue weighted by Gasteiger charge is 2.26. The molecule has 0 radical (unpaired) electrons. The molecule has 1 saturated carbocycles. The van der Waals surface area contributed by atoms with Crippen molar-refractivity contribution < 1.29 is 5.11 Å². The molecule has 1 aromatic rings. The Morgan fingerprint density at radius 1 is 1.00 bits per heavy atom. The second kappa shape index (κ2) is 7.23. The maximum atomic E-state index is 10.2. The van der Waals surface area contributed by atoms with Gasteiger partial charge in [-0.2, -0.15) is 0 Å². The van der Waals surface area contributed by atoms with Gasteiger partial charge in [0.25, 0.3) is 0 Å². The Hall–Kier alpha value is -1.13. The van der Waals surface area contributed by atoms with Gasteiger partial charge in [0.1, 0.15) is 0 Å². The maximum absolute atomic E-state index is 10.2. The summed E-state index contributed by atoms with van der Waals surface area (Å²) in [6.07, 6.45) is 11.7. The number of nitrogens with zero attached hydrogens (tertiary/aromatic N) is 2. The molecule has 0 spiro atoms. The van der Waals surface area contributed by atoms with Crippen LogP contribution in [0.1, 0.15) is 44.9 Å². The molecular weight excluding hydrogens is 262 g/mol. The second-order valence-corrected chi connectivity index (χ2v) is 6.45. The highest BCUT2D eigenvalue weighted by Crippen LogP contribution is 2.22. The maximum Gasteiger partial charge on any atom is 0.0693 e. The first-order chi connectivity index (χ1) is 10.3. The van der Waals surface area contributed by atoms with Crippen LogP contribution in [0.5, 0.6) is 0 Å². The number of rotatable bonds is 3. The van der Waals surface area contributed by atoms with Crippen LogP contribution in [0.3, 0.4) is 0 Å². The number of anilines is 1. The summed E-state index contributed by atoms with van der Waals surface area (Å²) in [5, 5.41) is 14.0. The lowest BCUT2D eigenvalue weighted by Crippen LogP contribution is -2.49. The van der Waals surface area contributed by atoms with Crippen molar-refractivity contribution >= 4 is 5.69 Å². The molecule has 3 rings (SSSR count). The van der Waals surface area contributed by atoms with Crippen molar-refractivity contribution in [3.63, 3.8) is 0 Å². The third-order valence-electron chi connectivity index (χ3n) is 4.95. The van der Waals surface area contributed by atoms with Gasteiger partial charge in [-0.3, -0.25) is 4.98 Å². The lowest BCUT2D eigenvalue weighted by atomic mass is 9.99. The van der Waals surface area contributed by atoms with E-state index in [0.29, 0.717) is 12.1 Å². The number of pyridine rings is 1. The first-order valence-electron chi connectivity index (χ1n) is 8.42. The Labute approximate surface area is 127 Å². The fourth-order valence-corrected chi connectivity index (χ4v) is 3.64. The number of aliphatic hydroxyl groups is 1. The van der Waals surface area contributed by atoms with E-state index in [0.717, 1.165) is 38.8 Å². The van der Waals surface area contributed by atoms with E-state index in [2.05, 4.69) is 27.3 Å². The van der Waals surface area contributed by atoms with E-state index in [1.807, 2.05) is 12.4 Å². The van der Waals surface area contributed by atoms with Crippen LogP contribution >= 0.6 is 0 Å². The third kappa shape index (κ3) is 3.95. The van der Waals surface area contributed by atoms with E-state index in [1.54, 1.807) is 0 Å². The Balaban J connectivity index is 1.49. The van der Waals surface area contributed by atoms with Crippen LogP contribution in [-0.2, 0) is 0 Å². The third-order valence-corrected chi connectivity index (χ3v) is 4.95. The molecule has 2 atom stereocenters. The highest BCUT2D eigenvalue weighted by molar-refractivity contribution is 5.44. The zero-order chi connectivity index (χ0) is 14.5. The van der Waals surface area contributed by atoms with Crippen LogP contribution < -0.4 is 10.2 Å². The Kier molecular flexibility index (Phi) is 5.09. The summed E-state index contributed by atoms with van der Waals surface area (Å²) < 4.78 is 0. The average molecular weight is 289 g/mol. The minimum atomic E-state index is -0.147. The zero-order valence-corrected chi connectivity index (χ0v) is 12.7. The molecule has 1 aliphatic carbocycles. The lowest BCUT2D eigenvalue weighted by Gasteiger charge is -2.36. The van der Waals surface area contributed by atoms with Gasteiger partial charge >= 0.3 is 0 Å². The normalized spacial score (nSPS) is 28.3. The summed E-state index contributed by atoms with van der Waals surface area (Å²) in [7, 11) is 0. The van der Waals surface area contributed by atoms with Gasteiger partial charge in [0, 0.05) is 43.3 Å². The van der Waals surface area contributed by atoms with Gasteiger partial charge in [0.2, 0.25) is 0 Å². The molecule has 116 valence electrons. The summed E-state index contributed by atoms with van der Waals surface area (Å²) in [6, 6.07) is 5.04. The van der Waals surface area contributed by atoms with Gasteiger partial charge in [-0.25, -0.2) is 0 Å². The van der Waals surface area contributed by atoms with E-state index in [-0.39, 0.29) is 6.10 Å². The zero-order valence-electron chi connectivity index (χ0n) is 12.7. The number of aromatic nitrogens is 1. The Morgan fingerprint density at radius 3 is 2.48 bits per heavy atom. The quantitative estimate of drug-likeness (QED) is 0.839. The molecule has 21 heavy (non-hydrogen) atoms. The van der Waals surface area contributed by atoms with E-state index < -0.39 is 0 Å². The lowest BCUT2D eigenvalue weighted by molar-refractivity contribution is 0.111. The van der Waals surface area contributed by atoms with Crippen molar-refractivity contribution in [1.29, 1.82) is 0 Å². The van der Waals surface area contributed by atoms with Crippen molar-refractivity contribution in [3.05, 3.63) is 24.5 Å². The van der Waals surface area contributed by atoms with Crippen LogP contribution in [0.25, 0.3) is 0 Å². The van der Waals surface area contributed by atoms with Crippen molar-refractivity contribution in [2.24, 2.45) is 0 Å². The predicted molar refractivity (Wildman–Crippen MR) is 85.5 cm³/mol. The van der Waals surface area contributed by atoms with Crippen LogP contribution in [0.2, 0.25) is 0 Å². The van der Waals surface area contributed by atoms with Crippen molar-refractivity contribution in [2.75, 3.05) is 18.0 Å². The van der Waals surface area contributed by atoms with Gasteiger partial charge in [0.15, 0.2) is 0 Å². The number of aliphatic hydroxyl groups excluding tert-OH is 1. The first-order valence-corrected chi connectivity index (χ1v) is 8.42.